The number of carboxylic acid groups (broad SMARTS) is 1. The summed E-state index contributed by atoms with van der Waals surface area (Å²) in [4.78, 5) is 15.5. The van der Waals surface area contributed by atoms with E-state index in [1.54, 1.807) is 0 Å². The molecule has 0 aliphatic heterocycles. The lowest BCUT2D eigenvalue weighted by Gasteiger charge is -2.15. The molecule has 0 saturated carbocycles. The first-order valence-corrected chi connectivity index (χ1v) is 9.12. The summed E-state index contributed by atoms with van der Waals surface area (Å²) < 4.78 is 3.32. The lowest BCUT2D eigenvalue weighted by Crippen LogP contribution is -2.11. The van der Waals surface area contributed by atoms with Gasteiger partial charge in [-0.05, 0) is 46.7 Å². The third-order valence-electron chi connectivity index (χ3n) is 3.60. The Morgan fingerprint density at radius 3 is 2.76 bits per heavy atom. The molecular formula is C15H19IN2O2S. The number of hydrogen-bond acceptors (Lipinski definition) is 3. The van der Waals surface area contributed by atoms with Crippen molar-refractivity contribution < 1.29 is 9.90 Å². The van der Waals surface area contributed by atoms with Crippen LogP contribution in [0.5, 0.6) is 0 Å². The van der Waals surface area contributed by atoms with Crippen LogP contribution in [0.4, 0.5) is 0 Å². The summed E-state index contributed by atoms with van der Waals surface area (Å²) in [5.74, 6) is -0.176. The van der Waals surface area contributed by atoms with Gasteiger partial charge in [-0.15, -0.1) is 0 Å². The van der Waals surface area contributed by atoms with Crippen LogP contribution in [0.2, 0.25) is 0 Å². The van der Waals surface area contributed by atoms with Crippen molar-refractivity contribution in [1.82, 2.24) is 9.55 Å². The molecule has 0 spiro atoms. The molecule has 2 rings (SSSR count). The van der Waals surface area contributed by atoms with Gasteiger partial charge in [-0.1, -0.05) is 38.5 Å². The van der Waals surface area contributed by atoms with Crippen molar-refractivity contribution in [1.29, 1.82) is 0 Å². The summed E-state index contributed by atoms with van der Waals surface area (Å²) in [7, 11) is 0. The fourth-order valence-electron chi connectivity index (χ4n) is 2.30. The number of thioether (sulfide) groups is 1. The van der Waals surface area contributed by atoms with Gasteiger partial charge in [0, 0.05) is 10.1 Å². The Morgan fingerprint density at radius 2 is 2.14 bits per heavy atom. The van der Waals surface area contributed by atoms with E-state index in [1.807, 2.05) is 6.07 Å². The van der Waals surface area contributed by atoms with Gasteiger partial charge in [-0.2, -0.15) is 0 Å². The summed E-state index contributed by atoms with van der Waals surface area (Å²) in [6, 6.07) is 6.20. The van der Waals surface area contributed by atoms with Gasteiger partial charge in [-0.3, -0.25) is 4.79 Å². The van der Waals surface area contributed by atoms with E-state index in [1.165, 1.54) is 11.8 Å². The first kappa shape index (κ1) is 16.6. The van der Waals surface area contributed by atoms with E-state index in [0.717, 1.165) is 39.1 Å². The summed E-state index contributed by atoms with van der Waals surface area (Å²) in [6.07, 6.45) is 2.23. The highest BCUT2D eigenvalue weighted by atomic mass is 127. The van der Waals surface area contributed by atoms with Crippen LogP contribution in [-0.4, -0.2) is 26.4 Å². The Labute approximate surface area is 142 Å². The number of imidazole rings is 1. The zero-order valence-electron chi connectivity index (χ0n) is 12.2. The molecule has 1 aromatic carbocycles. The van der Waals surface area contributed by atoms with Crippen molar-refractivity contribution in [2.75, 3.05) is 5.75 Å². The van der Waals surface area contributed by atoms with Crippen LogP contribution in [0.15, 0.2) is 23.4 Å². The van der Waals surface area contributed by atoms with Crippen molar-refractivity contribution >= 4 is 51.4 Å². The van der Waals surface area contributed by atoms with E-state index in [2.05, 4.69) is 58.1 Å². The molecule has 6 heteroatoms. The smallest absolute Gasteiger partial charge is 0.313 e. The molecule has 0 bridgehead atoms. The molecule has 21 heavy (non-hydrogen) atoms. The van der Waals surface area contributed by atoms with Gasteiger partial charge >= 0.3 is 5.97 Å². The molecular weight excluding hydrogens is 399 g/mol. The van der Waals surface area contributed by atoms with Crippen LogP contribution < -0.4 is 0 Å². The SMILES string of the molecule is CCC(CC)Cn1c(SCC(=O)O)nc2cc(I)ccc21. The molecule has 1 N–H and O–H groups in total. The quantitative estimate of drug-likeness (QED) is 0.540. The van der Waals surface area contributed by atoms with Crippen LogP contribution >= 0.6 is 34.4 Å². The van der Waals surface area contributed by atoms with Gasteiger partial charge in [0.2, 0.25) is 0 Å². The molecule has 114 valence electrons. The highest BCUT2D eigenvalue weighted by molar-refractivity contribution is 14.1. The molecule has 0 fully saturated rings. The van der Waals surface area contributed by atoms with E-state index in [4.69, 9.17) is 5.11 Å². The predicted octanol–water partition coefficient (Wildman–Crippen LogP) is 4.25. The van der Waals surface area contributed by atoms with Gasteiger partial charge in [0.15, 0.2) is 5.16 Å². The highest BCUT2D eigenvalue weighted by Gasteiger charge is 2.15. The zero-order chi connectivity index (χ0) is 15.4. The maximum atomic E-state index is 10.8. The Morgan fingerprint density at radius 1 is 1.43 bits per heavy atom. The summed E-state index contributed by atoms with van der Waals surface area (Å²) in [6.45, 7) is 5.28. The molecule has 1 heterocycles. The van der Waals surface area contributed by atoms with Crippen molar-refractivity contribution in [2.24, 2.45) is 5.92 Å². The number of benzene rings is 1. The van der Waals surface area contributed by atoms with Crippen LogP contribution in [0.25, 0.3) is 11.0 Å². The number of rotatable bonds is 7. The fraction of sp³-hybridized carbons (Fsp3) is 0.467. The van der Waals surface area contributed by atoms with E-state index in [9.17, 15) is 4.79 Å². The second kappa shape index (κ2) is 7.49. The minimum atomic E-state index is -0.810. The van der Waals surface area contributed by atoms with E-state index in [0.29, 0.717) is 5.92 Å². The first-order valence-electron chi connectivity index (χ1n) is 7.05. The molecule has 0 amide bonds. The molecule has 0 unspecified atom stereocenters. The van der Waals surface area contributed by atoms with Crippen molar-refractivity contribution in [2.45, 2.75) is 38.4 Å². The maximum Gasteiger partial charge on any atom is 0.313 e. The number of aromatic nitrogens is 2. The first-order chi connectivity index (χ1) is 10.0. The Hall–Kier alpha value is -0.760. The second-order valence-corrected chi connectivity index (χ2v) is 7.19. The van der Waals surface area contributed by atoms with Crippen LogP contribution in [0, 0.1) is 9.49 Å². The normalized spacial score (nSPS) is 11.4. The molecule has 0 aliphatic carbocycles. The van der Waals surface area contributed by atoms with Crippen LogP contribution in [0.3, 0.4) is 0 Å². The third kappa shape index (κ3) is 4.12. The molecule has 2 aromatic rings. The Bertz CT molecular complexity index is 638. The van der Waals surface area contributed by atoms with E-state index in [-0.39, 0.29) is 5.75 Å². The molecule has 0 radical (unpaired) electrons. The standard InChI is InChI=1S/C15H19IN2O2S/c1-3-10(4-2)8-18-13-6-5-11(16)7-12(13)17-15(18)21-9-14(19)20/h5-7,10H,3-4,8-9H2,1-2H3,(H,19,20). The minimum absolute atomic E-state index is 0.0450. The number of nitrogens with zero attached hydrogens (tertiary/aromatic N) is 2. The van der Waals surface area contributed by atoms with Gasteiger partial charge in [0.1, 0.15) is 0 Å². The van der Waals surface area contributed by atoms with Gasteiger partial charge in [-0.25, -0.2) is 4.98 Å². The number of hydrogen-bond donors (Lipinski definition) is 1. The summed E-state index contributed by atoms with van der Waals surface area (Å²) in [5, 5.41) is 9.71. The van der Waals surface area contributed by atoms with E-state index >= 15 is 0 Å². The minimum Gasteiger partial charge on any atom is -0.481 e. The Balaban J connectivity index is 2.41. The lowest BCUT2D eigenvalue weighted by molar-refractivity contribution is -0.133. The van der Waals surface area contributed by atoms with Crippen molar-refractivity contribution in [3.63, 3.8) is 0 Å². The number of carboxylic acids is 1. The highest BCUT2D eigenvalue weighted by Crippen LogP contribution is 2.27. The summed E-state index contributed by atoms with van der Waals surface area (Å²) in [5.41, 5.74) is 2.04. The molecule has 0 saturated heterocycles. The van der Waals surface area contributed by atoms with Crippen molar-refractivity contribution in [3.8, 4) is 0 Å². The van der Waals surface area contributed by atoms with Gasteiger partial charge in [0.05, 0.1) is 16.8 Å². The number of halogens is 1. The van der Waals surface area contributed by atoms with Gasteiger partial charge in [0.25, 0.3) is 0 Å². The number of fused-ring (bicyclic) bond motifs is 1. The monoisotopic (exact) mass is 418 g/mol. The maximum absolute atomic E-state index is 10.8. The van der Waals surface area contributed by atoms with E-state index < -0.39 is 5.97 Å². The fourth-order valence-corrected chi connectivity index (χ4v) is 3.52. The second-order valence-electron chi connectivity index (χ2n) is 5.00. The largest absolute Gasteiger partial charge is 0.481 e. The number of aliphatic carboxylic acids is 1. The van der Waals surface area contributed by atoms with Crippen LogP contribution in [-0.2, 0) is 11.3 Å². The number of carbonyl (C=O) groups is 1. The summed E-state index contributed by atoms with van der Waals surface area (Å²) >= 11 is 3.57. The third-order valence-corrected chi connectivity index (χ3v) is 5.23. The Kier molecular flexibility index (Phi) is 5.92. The molecule has 1 aromatic heterocycles. The predicted molar refractivity (Wildman–Crippen MR) is 94.9 cm³/mol. The van der Waals surface area contributed by atoms with Gasteiger partial charge < -0.3 is 9.67 Å². The zero-order valence-corrected chi connectivity index (χ0v) is 15.1. The molecule has 4 nitrogen and oxygen atoms in total. The van der Waals surface area contributed by atoms with Crippen molar-refractivity contribution in [3.05, 3.63) is 21.8 Å². The average molecular weight is 418 g/mol. The molecule has 0 atom stereocenters. The van der Waals surface area contributed by atoms with Crippen LogP contribution in [0.1, 0.15) is 26.7 Å². The topological polar surface area (TPSA) is 55.1 Å². The molecule has 0 aliphatic rings. The lowest BCUT2D eigenvalue weighted by atomic mass is 10.0. The average Bonchev–Trinajstić information content (AvgIpc) is 2.79.